The van der Waals surface area contributed by atoms with E-state index in [1.54, 1.807) is 6.07 Å². The lowest BCUT2D eigenvalue weighted by atomic mass is 9.75. The minimum Gasteiger partial charge on any atom is -0.462 e. The standard InChI is InChI=1S/C19H26O4/c1-4-6-10-22-18(20)15-9-8-14-13(3)12-16(14)17(15)19(21)23-11-7-5-2/h8-9,13H,4-7,10-12H2,1-3H3. The molecule has 23 heavy (non-hydrogen) atoms. The Balaban J connectivity index is 2.22. The third kappa shape index (κ3) is 3.92. The van der Waals surface area contributed by atoms with E-state index < -0.39 is 11.9 Å². The predicted octanol–water partition coefficient (Wildman–Crippen LogP) is 4.26. The van der Waals surface area contributed by atoms with Crippen LogP contribution < -0.4 is 0 Å². The minimum absolute atomic E-state index is 0.341. The van der Waals surface area contributed by atoms with Crippen molar-refractivity contribution in [1.29, 1.82) is 0 Å². The Morgan fingerprint density at radius 2 is 1.65 bits per heavy atom. The highest BCUT2D eigenvalue weighted by molar-refractivity contribution is 6.05. The van der Waals surface area contributed by atoms with Gasteiger partial charge in [-0.2, -0.15) is 0 Å². The van der Waals surface area contributed by atoms with Gasteiger partial charge in [-0.1, -0.05) is 39.7 Å². The molecular formula is C19H26O4. The fraction of sp³-hybridized carbons (Fsp3) is 0.579. The first-order chi connectivity index (χ1) is 11.1. The molecule has 0 bridgehead atoms. The number of carbonyl (C=O) groups is 2. The second-order valence-corrected chi connectivity index (χ2v) is 6.14. The van der Waals surface area contributed by atoms with Crippen molar-refractivity contribution >= 4 is 11.9 Å². The van der Waals surface area contributed by atoms with Crippen LogP contribution in [0.1, 0.15) is 84.2 Å². The molecule has 1 aliphatic carbocycles. The Morgan fingerprint density at radius 3 is 2.22 bits per heavy atom. The Kier molecular flexibility index (Phi) is 6.20. The summed E-state index contributed by atoms with van der Waals surface area (Å²) in [6.07, 6.45) is 4.38. The molecule has 0 heterocycles. The summed E-state index contributed by atoms with van der Waals surface area (Å²) in [5, 5.41) is 0. The second-order valence-electron chi connectivity index (χ2n) is 6.14. The van der Waals surface area contributed by atoms with Gasteiger partial charge < -0.3 is 9.47 Å². The van der Waals surface area contributed by atoms with Crippen LogP contribution in [-0.4, -0.2) is 25.2 Å². The first-order valence-electron chi connectivity index (χ1n) is 8.60. The monoisotopic (exact) mass is 318 g/mol. The van der Waals surface area contributed by atoms with Gasteiger partial charge in [-0.3, -0.25) is 0 Å². The predicted molar refractivity (Wildman–Crippen MR) is 88.9 cm³/mol. The zero-order valence-corrected chi connectivity index (χ0v) is 14.3. The summed E-state index contributed by atoms with van der Waals surface area (Å²) in [4.78, 5) is 24.8. The van der Waals surface area contributed by atoms with Crippen LogP contribution in [0.3, 0.4) is 0 Å². The van der Waals surface area contributed by atoms with Crippen molar-refractivity contribution in [1.82, 2.24) is 0 Å². The SMILES string of the molecule is CCCCOC(=O)c1ccc2c(c1C(=O)OCCCC)CC2C. The molecule has 0 saturated carbocycles. The van der Waals surface area contributed by atoms with Crippen molar-refractivity contribution in [3.63, 3.8) is 0 Å². The molecule has 0 aliphatic heterocycles. The molecular weight excluding hydrogens is 292 g/mol. The van der Waals surface area contributed by atoms with E-state index in [1.165, 1.54) is 0 Å². The van der Waals surface area contributed by atoms with Crippen LogP contribution in [0.5, 0.6) is 0 Å². The van der Waals surface area contributed by atoms with E-state index in [4.69, 9.17) is 9.47 Å². The molecule has 1 aromatic carbocycles. The summed E-state index contributed by atoms with van der Waals surface area (Å²) < 4.78 is 10.6. The molecule has 1 unspecified atom stereocenters. The molecule has 4 nitrogen and oxygen atoms in total. The number of hydrogen-bond donors (Lipinski definition) is 0. The largest absolute Gasteiger partial charge is 0.462 e. The van der Waals surface area contributed by atoms with Crippen molar-refractivity contribution < 1.29 is 19.1 Å². The normalized spacial score (nSPS) is 15.5. The van der Waals surface area contributed by atoms with Gasteiger partial charge in [0.1, 0.15) is 0 Å². The van der Waals surface area contributed by atoms with Gasteiger partial charge in [0.2, 0.25) is 0 Å². The van der Waals surface area contributed by atoms with Gasteiger partial charge in [-0.05, 0) is 42.4 Å². The maximum Gasteiger partial charge on any atom is 0.339 e. The summed E-state index contributed by atoms with van der Waals surface area (Å²) in [5.41, 5.74) is 2.84. The molecule has 4 heteroatoms. The molecule has 2 rings (SSSR count). The lowest BCUT2D eigenvalue weighted by Crippen LogP contribution is -2.24. The van der Waals surface area contributed by atoms with Gasteiger partial charge in [0.25, 0.3) is 0 Å². The van der Waals surface area contributed by atoms with E-state index in [0.29, 0.717) is 30.3 Å². The fourth-order valence-electron chi connectivity index (χ4n) is 2.80. The molecule has 0 N–H and O–H groups in total. The molecule has 126 valence electrons. The molecule has 0 fully saturated rings. The molecule has 0 saturated heterocycles. The quantitative estimate of drug-likeness (QED) is 0.531. The summed E-state index contributed by atoms with van der Waals surface area (Å²) in [5.74, 6) is -0.398. The van der Waals surface area contributed by atoms with Crippen LogP contribution >= 0.6 is 0 Å². The smallest absolute Gasteiger partial charge is 0.339 e. The Labute approximate surface area is 138 Å². The maximum absolute atomic E-state index is 12.5. The highest BCUT2D eigenvalue weighted by Gasteiger charge is 2.32. The fourth-order valence-corrected chi connectivity index (χ4v) is 2.80. The number of esters is 2. The number of fused-ring (bicyclic) bond motifs is 1. The van der Waals surface area contributed by atoms with Crippen LogP contribution in [0.25, 0.3) is 0 Å². The molecule has 0 spiro atoms. The molecule has 1 aliphatic rings. The van der Waals surface area contributed by atoms with Crippen LogP contribution in [0.4, 0.5) is 0 Å². The molecule has 1 aromatic rings. The van der Waals surface area contributed by atoms with Gasteiger partial charge in [-0.15, -0.1) is 0 Å². The lowest BCUT2D eigenvalue weighted by Gasteiger charge is -2.30. The van der Waals surface area contributed by atoms with Crippen LogP contribution in [-0.2, 0) is 15.9 Å². The van der Waals surface area contributed by atoms with Crippen LogP contribution in [0.2, 0.25) is 0 Å². The highest BCUT2D eigenvalue weighted by atomic mass is 16.5. The lowest BCUT2D eigenvalue weighted by molar-refractivity contribution is 0.0450. The van der Waals surface area contributed by atoms with Crippen molar-refractivity contribution in [3.8, 4) is 0 Å². The number of unbranched alkanes of at least 4 members (excludes halogenated alkanes) is 2. The number of carbonyl (C=O) groups excluding carboxylic acids is 2. The first kappa shape index (κ1) is 17.5. The average Bonchev–Trinajstić information content (AvgIpc) is 2.53. The second kappa shape index (κ2) is 8.14. The third-order valence-corrected chi connectivity index (χ3v) is 4.28. The van der Waals surface area contributed by atoms with E-state index in [1.807, 2.05) is 19.9 Å². The van der Waals surface area contributed by atoms with Gasteiger partial charge in [-0.25, -0.2) is 9.59 Å². The average molecular weight is 318 g/mol. The van der Waals surface area contributed by atoms with Crippen LogP contribution in [0, 0.1) is 0 Å². The minimum atomic E-state index is -0.428. The Hall–Kier alpha value is -1.84. The van der Waals surface area contributed by atoms with Crippen molar-refractivity contribution in [2.75, 3.05) is 13.2 Å². The summed E-state index contributed by atoms with van der Waals surface area (Å²) in [6, 6.07) is 3.64. The van der Waals surface area contributed by atoms with Gasteiger partial charge in [0.15, 0.2) is 0 Å². The van der Waals surface area contributed by atoms with Crippen molar-refractivity contribution in [3.05, 3.63) is 34.4 Å². The number of rotatable bonds is 8. The summed E-state index contributed by atoms with van der Waals surface area (Å²) in [6.45, 7) is 6.97. The van der Waals surface area contributed by atoms with E-state index in [0.717, 1.165) is 43.2 Å². The highest BCUT2D eigenvalue weighted by Crippen LogP contribution is 2.38. The molecule has 0 radical (unpaired) electrons. The third-order valence-electron chi connectivity index (χ3n) is 4.28. The molecule has 0 amide bonds. The first-order valence-corrected chi connectivity index (χ1v) is 8.60. The molecule has 0 aromatic heterocycles. The number of hydrogen-bond acceptors (Lipinski definition) is 4. The zero-order valence-electron chi connectivity index (χ0n) is 14.3. The van der Waals surface area contributed by atoms with Crippen molar-refractivity contribution in [2.45, 2.75) is 58.8 Å². The van der Waals surface area contributed by atoms with E-state index in [-0.39, 0.29) is 0 Å². The Morgan fingerprint density at radius 1 is 1.04 bits per heavy atom. The van der Waals surface area contributed by atoms with Gasteiger partial charge >= 0.3 is 11.9 Å². The van der Waals surface area contributed by atoms with E-state index >= 15 is 0 Å². The molecule has 1 atom stereocenters. The van der Waals surface area contributed by atoms with Crippen LogP contribution in [0.15, 0.2) is 12.1 Å². The summed E-state index contributed by atoms with van der Waals surface area (Å²) in [7, 11) is 0. The summed E-state index contributed by atoms with van der Waals surface area (Å²) >= 11 is 0. The maximum atomic E-state index is 12.5. The van der Waals surface area contributed by atoms with E-state index in [2.05, 4.69) is 6.92 Å². The van der Waals surface area contributed by atoms with Crippen molar-refractivity contribution in [2.24, 2.45) is 0 Å². The number of benzene rings is 1. The van der Waals surface area contributed by atoms with Gasteiger partial charge in [0, 0.05) is 0 Å². The number of ether oxygens (including phenoxy) is 2. The Bertz CT molecular complexity index is 577. The zero-order chi connectivity index (χ0) is 16.8. The van der Waals surface area contributed by atoms with Gasteiger partial charge in [0.05, 0.1) is 24.3 Å². The van der Waals surface area contributed by atoms with E-state index in [9.17, 15) is 9.59 Å². The topological polar surface area (TPSA) is 52.6 Å².